The predicted octanol–water partition coefficient (Wildman–Crippen LogP) is 4.44. The Bertz CT molecular complexity index is 556. The lowest BCUT2D eigenvalue weighted by atomic mass is 9.78. The molecule has 2 aromatic rings. The maximum atomic E-state index is 9.40. The van der Waals surface area contributed by atoms with E-state index in [1.54, 1.807) is 12.1 Å². The number of phenols is 1. The molecule has 2 rings (SSSR count). The molecule has 0 aliphatic rings. The summed E-state index contributed by atoms with van der Waals surface area (Å²) in [7, 11) is 0. The first-order chi connectivity index (χ1) is 10.0. The van der Waals surface area contributed by atoms with E-state index in [0.29, 0.717) is 12.4 Å². The second kappa shape index (κ2) is 6.64. The van der Waals surface area contributed by atoms with Gasteiger partial charge in [0.25, 0.3) is 0 Å². The number of aromatic hydroxyl groups is 1. The van der Waals surface area contributed by atoms with Crippen LogP contribution in [0.3, 0.4) is 0 Å². The van der Waals surface area contributed by atoms with E-state index in [2.05, 4.69) is 13.8 Å². The molecule has 0 unspecified atom stereocenters. The fraction of sp³-hybridized carbons (Fsp3) is 0.333. The van der Waals surface area contributed by atoms with Gasteiger partial charge < -0.3 is 9.99 Å². The Morgan fingerprint density at radius 3 is 1.95 bits per heavy atom. The zero-order valence-electron chi connectivity index (χ0n) is 12.8. The molecule has 0 spiro atoms. The third-order valence-electron chi connectivity index (χ3n) is 3.61. The summed E-state index contributed by atoms with van der Waals surface area (Å²) in [4.78, 5) is 10.3. The lowest BCUT2D eigenvalue weighted by molar-refractivity contribution is -0.206. The van der Waals surface area contributed by atoms with Crippen LogP contribution in [0.2, 0.25) is 0 Å². The quantitative estimate of drug-likeness (QED) is 0.485. The van der Waals surface area contributed by atoms with Gasteiger partial charge in [-0.2, -0.15) is 4.89 Å². The van der Waals surface area contributed by atoms with Crippen molar-refractivity contribution in [3.8, 4) is 11.5 Å². The summed E-state index contributed by atoms with van der Waals surface area (Å²) in [5.41, 5.74) is 2.18. The summed E-state index contributed by atoms with van der Waals surface area (Å²) in [6, 6.07) is 15.2. The van der Waals surface area contributed by atoms with Crippen LogP contribution < -0.4 is 4.89 Å². The first-order valence-corrected chi connectivity index (χ1v) is 7.23. The molecule has 1 N–H and O–H groups in total. The standard InChI is InChI=1S/C18H22O3/c1-4-13-20-21-17-11-7-15(8-12-17)18(2,3)14-5-9-16(19)10-6-14/h5-12,19H,4,13H2,1-3H3. The smallest absolute Gasteiger partial charge is 0.165 e. The van der Waals surface area contributed by atoms with Gasteiger partial charge >= 0.3 is 0 Å². The Labute approximate surface area is 126 Å². The van der Waals surface area contributed by atoms with Crippen LogP contribution in [0.15, 0.2) is 48.5 Å². The second-order valence-corrected chi connectivity index (χ2v) is 5.60. The molecule has 0 amide bonds. The fourth-order valence-electron chi connectivity index (χ4n) is 2.16. The van der Waals surface area contributed by atoms with Crippen LogP contribution in [0.25, 0.3) is 0 Å². The lowest BCUT2D eigenvalue weighted by Gasteiger charge is -2.26. The van der Waals surface area contributed by atoms with E-state index in [4.69, 9.17) is 9.78 Å². The molecule has 0 saturated carbocycles. The number of phenolic OH excluding ortho intramolecular Hbond substituents is 1. The van der Waals surface area contributed by atoms with E-state index >= 15 is 0 Å². The highest BCUT2D eigenvalue weighted by molar-refractivity contribution is 5.41. The molecule has 112 valence electrons. The summed E-state index contributed by atoms with van der Waals surface area (Å²) in [6.45, 7) is 6.93. The molecular weight excluding hydrogens is 264 g/mol. The Kier molecular flexibility index (Phi) is 4.86. The topological polar surface area (TPSA) is 38.7 Å². The lowest BCUT2D eigenvalue weighted by Crippen LogP contribution is -2.18. The van der Waals surface area contributed by atoms with Gasteiger partial charge in [-0.3, -0.25) is 0 Å². The molecule has 3 nitrogen and oxygen atoms in total. The van der Waals surface area contributed by atoms with Gasteiger partial charge in [-0.1, -0.05) is 45.0 Å². The van der Waals surface area contributed by atoms with E-state index < -0.39 is 0 Å². The highest BCUT2D eigenvalue weighted by atomic mass is 17.2. The molecule has 0 radical (unpaired) electrons. The first-order valence-electron chi connectivity index (χ1n) is 7.23. The van der Waals surface area contributed by atoms with Crippen molar-refractivity contribution in [2.75, 3.05) is 6.61 Å². The van der Waals surface area contributed by atoms with Gasteiger partial charge in [-0.15, -0.1) is 0 Å². The van der Waals surface area contributed by atoms with Gasteiger partial charge in [0.1, 0.15) is 5.75 Å². The largest absolute Gasteiger partial charge is 0.508 e. The van der Waals surface area contributed by atoms with Crippen LogP contribution in [-0.4, -0.2) is 11.7 Å². The minimum absolute atomic E-state index is 0.142. The molecule has 21 heavy (non-hydrogen) atoms. The number of rotatable bonds is 6. The van der Waals surface area contributed by atoms with Crippen molar-refractivity contribution in [1.82, 2.24) is 0 Å². The number of hydrogen-bond donors (Lipinski definition) is 1. The summed E-state index contributed by atoms with van der Waals surface area (Å²) < 4.78 is 0. The molecule has 3 heteroatoms. The normalized spacial score (nSPS) is 11.4. The minimum Gasteiger partial charge on any atom is -0.508 e. The maximum Gasteiger partial charge on any atom is 0.165 e. The average molecular weight is 286 g/mol. The molecule has 0 heterocycles. The molecule has 0 aromatic heterocycles. The monoisotopic (exact) mass is 286 g/mol. The molecule has 0 bridgehead atoms. The first kappa shape index (κ1) is 15.4. The summed E-state index contributed by atoms with van der Waals surface area (Å²) in [5.74, 6) is 0.986. The van der Waals surface area contributed by atoms with Crippen LogP contribution in [0.5, 0.6) is 11.5 Å². The third kappa shape index (κ3) is 3.76. The zero-order chi connectivity index (χ0) is 15.3. The summed E-state index contributed by atoms with van der Waals surface area (Å²) in [6.07, 6.45) is 0.923. The molecule has 0 aliphatic heterocycles. The molecular formula is C18H22O3. The van der Waals surface area contributed by atoms with Gasteiger partial charge in [0, 0.05) is 5.41 Å². The van der Waals surface area contributed by atoms with Crippen LogP contribution in [0, 0.1) is 0 Å². The van der Waals surface area contributed by atoms with Crippen LogP contribution in [-0.2, 0) is 10.3 Å². The fourth-order valence-corrected chi connectivity index (χ4v) is 2.16. The Morgan fingerprint density at radius 1 is 0.905 bits per heavy atom. The van der Waals surface area contributed by atoms with Crippen molar-refractivity contribution in [3.63, 3.8) is 0 Å². The molecule has 0 saturated heterocycles. The number of hydrogen-bond acceptors (Lipinski definition) is 3. The molecule has 0 fully saturated rings. The van der Waals surface area contributed by atoms with E-state index in [1.165, 1.54) is 5.56 Å². The van der Waals surface area contributed by atoms with Crippen molar-refractivity contribution < 1.29 is 14.9 Å². The van der Waals surface area contributed by atoms with Crippen molar-refractivity contribution in [1.29, 1.82) is 0 Å². The van der Waals surface area contributed by atoms with Crippen LogP contribution in [0.4, 0.5) is 0 Å². The SMILES string of the molecule is CCCOOc1ccc(C(C)(C)c2ccc(O)cc2)cc1. The summed E-state index contributed by atoms with van der Waals surface area (Å²) >= 11 is 0. The van der Waals surface area contributed by atoms with E-state index in [9.17, 15) is 5.11 Å². The maximum absolute atomic E-state index is 9.40. The third-order valence-corrected chi connectivity index (χ3v) is 3.61. The summed E-state index contributed by atoms with van der Waals surface area (Å²) in [5, 5.41) is 9.40. The Hall–Kier alpha value is -2.00. The number of benzene rings is 2. The minimum atomic E-state index is -0.142. The average Bonchev–Trinajstić information content (AvgIpc) is 2.48. The van der Waals surface area contributed by atoms with Gasteiger partial charge in [0.2, 0.25) is 0 Å². The van der Waals surface area contributed by atoms with Crippen LogP contribution >= 0.6 is 0 Å². The van der Waals surface area contributed by atoms with Gasteiger partial charge in [-0.25, -0.2) is 0 Å². The van der Waals surface area contributed by atoms with Gasteiger partial charge in [0.15, 0.2) is 5.75 Å². The zero-order valence-corrected chi connectivity index (χ0v) is 12.8. The highest BCUT2D eigenvalue weighted by Crippen LogP contribution is 2.33. The van der Waals surface area contributed by atoms with Gasteiger partial charge in [-0.05, 0) is 41.8 Å². The Morgan fingerprint density at radius 2 is 1.43 bits per heavy atom. The van der Waals surface area contributed by atoms with Crippen molar-refractivity contribution >= 4 is 0 Å². The van der Waals surface area contributed by atoms with Crippen molar-refractivity contribution in [2.45, 2.75) is 32.6 Å². The molecule has 0 atom stereocenters. The van der Waals surface area contributed by atoms with E-state index in [0.717, 1.165) is 12.0 Å². The van der Waals surface area contributed by atoms with Crippen LogP contribution in [0.1, 0.15) is 38.3 Å². The Balaban J connectivity index is 2.14. The van der Waals surface area contributed by atoms with Crippen molar-refractivity contribution in [2.24, 2.45) is 0 Å². The van der Waals surface area contributed by atoms with E-state index in [-0.39, 0.29) is 11.2 Å². The van der Waals surface area contributed by atoms with Gasteiger partial charge in [0.05, 0.1) is 6.61 Å². The molecule has 2 aromatic carbocycles. The predicted molar refractivity (Wildman–Crippen MR) is 83.5 cm³/mol. The second-order valence-electron chi connectivity index (χ2n) is 5.60. The highest BCUT2D eigenvalue weighted by Gasteiger charge is 2.23. The van der Waals surface area contributed by atoms with E-state index in [1.807, 2.05) is 43.3 Å². The van der Waals surface area contributed by atoms with Crippen molar-refractivity contribution in [3.05, 3.63) is 59.7 Å². The molecule has 0 aliphatic carbocycles.